The van der Waals surface area contributed by atoms with Gasteiger partial charge in [-0.05, 0) is 34.1 Å². The fourth-order valence-corrected chi connectivity index (χ4v) is 3.76. The number of halogens is 1. The molecular weight excluding hydrogens is 509 g/mol. The standard InChI is InChI=1S/C23H33N3O2S.HI/c1-23(2,3)21-12-10-18(11-13-21)14-15-25-22(24-4)26-16-19-6-8-20(9-7-19)17-29(5,27)28;/h6-13H,14-17H2,1-5H3,(H2,24,25,26);1H. The minimum Gasteiger partial charge on any atom is -0.356 e. The quantitative estimate of drug-likeness (QED) is 0.314. The minimum absolute atomic E-state index is 0. The number of nitrogens with one attached hydrogen (secondary N) is 2. The monoisotopic (exact) mass is 543 g/mol. The highest BCUT2D eigenvalue weighted by atomic mass is 127. The van der Waals surface area contributed by atoms with Gasteiger partial charge in [-0.2, -0.15) is 0 Å². The number of rotatable bonds is 7. The second kappa shape index (κ2) is 11.7. The number of benzene rings is 2. The lowest BCUT2D eigenvalue weighted by Gasteiger charge is -2.19. The summed E-state index contributed by atoms with van der Waals surface area (Å²) in [5, 5.41) is 6.62. The zero-order chi connectivity index (χ0) is 21.5. The Balaban J connectivity index is 0.00000450. The molecule has 0 saturated carbocycles. The molecule has 0 heterocycles. The normalized spacial score (nSPS) is 12.2. The van der Waals surface area contributed by atoms with Crippen molar-refractivity contribution in [3.8, 4) is 0 Å². The summed E-state index contributed by atoms with van der Waals surface area (Å²) in [5.74, 6) is 0.817. The molecule has 2 N–H and O–H groups in total. The van der Waals surface area contributed by atoms with Gasteiger partial charge in [0.1, 0.15) is 0 Å². The number of guanidine groups is 1. The highest BCUT2D eigenvalue weighted by Crippen LogP contribution is 2.22. The Bertz CT molecular complexity index is 916. The van der Waals surface area contributed by atoms with Crippen LogP contribution in [-0.2, 0) is 34.0 Å². The fourth-order valence-electron chi connectivity index (χ4n) is 2.96. The number of nitrogens with zero attached hydrogens (tertiary/aromatic N) is 1. The van der Waals surface area contributed by atoms with E-state index in [1.54, 1.807) is 7.05 Å². The second-order valence-corrected chi connectivity index (χ2v) is 10.6. The first kappa shape index (κ1) is 26.4. The Hall–Kier alpha value is -1.61. The molecule has 0 aliphatic heterocycles. The molecule has 166 valence electrons. The number of hydrogen-bond donors (Lipinski definition) is 2. The predicted molar refractivity (Wildman–Crippen MR) is 137 cm³/mol. The van der Waals surface area contributed by atoms with Crippen LogP contribution < -0.4 is 10.6 Å². The summed E-state index contributed by atoms with van der Waals surface area (Å²) in [5.41, 5.74) is 4.68. The van der Waals surface area contributed by atoms with Crippen LogP contribution in [0.1, 0.15) is 43.0 Å². The molecule has 0 aliphatic carbocycles. The molecule has 7 heteroatoms. The summed E-state index contributed by atoms with van der Waals surface area (Å²) >= 11 is 0. The van der Waals surface area contributed by atoms with Gasteiger partial charge in [-0.15, -0.1) is 24.0 Å². The molecule has 5 nitrogen and oxygen atoms in total. The lowest BCUT2D eigenvalue weighted by molar-refractivity contribution is 0.590. The van der Waals surface area contributed by atoms with Crippen LogP contribution in [0.4, 0.5) is 0 Å². The van der Waals surface area contributed by atoms with Gasteiger partial charge < -0.3 is 10.6 Å². The minimum atomic E-state index is -3.01. The van der Waals surface area contributed by atoms with Gasteiger partial charge in [-0.25, -0.2) is 8.42 Å². The van der Waals surface area contributed by atoms with Crippen LogP contribution >= 0.6 is 24.0 Å². The molecule has 2 rings (SSSR count). The van der Waals surface area contributed by atoms with Gasteiger partial charge in [0, 0.05) is 26.4 Å². The molecule has 30 heavy (non-hydrogen) atoms. The average Bonchev–Trinajstić information content (AvgIpc) is 2.64. The third kappa shape index (κ3) is 9.47. The molecule has 0 aliphatic rings. The zero-order valence-corrected chi connectivity index (χ0v) is 21.7. The highest BCUT2D eigenvalue weighted by molar-refractivity contribution is 14.0. The molecule has 0 radical (unpaired) electrons. The van der Waals surface area contributed by atoms with Crippen LogP contribution in [-0.4, -0.2) is 34.2 Å². The highest BCUT2D eigenvalue weighted by Gasteiger charge is 2.12. The summed E-state index contributed by atoms with van der Waals surface area (Å²) in [7, 11) is -1.25. The SMILES string of the molecule is CN=C(NCCc1ccc(C(C)(C)C)cc1)NCc1ccc(CS(C)(=O)=O)cc1.I. The summed E-state index contributed by atoms with van der Waals surface area (Å²) in [6, 6.07) is 16.4. The predicted octanol–water partition coefficient (Wildman–Crippen LogP) is 4.05. The Kier molecular flexibility index (Phi) is 10.3. The van der Waals surface area contributed by atoms with E-state index in [1.165, 1.54) is 17.4 Å². The number of aliphatic imine (C=N–C) groups is 1. The Morgan fingerprint density at radius 1 is 0.900 bits per heavy atom. The average molecular weight is 544 g/mol. The lowest BCUT2D eigenvalue weighted by Crippen LogP contribution is -2.37. The van der Waals surface area contributed by atoms with E-state index in [2.05, 4.69) is 60.7 Å². The van der Waals surface area contributed by atoms with Crippen molar-refractivity contribution in [3.05, 3.63) is 70.8 Å². The molecule has 0 saturated heterocycles. The maximum atomic E-state index is 11.4. The van der Waals surface area contributed by atoms with E-state index in [0.29, 0.717) is 6.54 Å². The molecule has 0 amide bonds. The second-order valence-electron chi connectivity index (χ2n) is 8.44. The summed E-state index contributed by atoms with van der Waals surface area (Å²) in [4.78, 5) is 4.26. The first-order chi connectivity index (χ1) is 13.6. The topological polar surface area (TPSA) is 70.6 Å². The zero-order valence-electron chi connectivity index (χ0n) is 18.5. The van der Waals surface area contributed by atoms with Crippen molar-refractivity contribution in [2.24, 2.45) is 4.99 Å². The van der Waals surface area contributed by atoms with Gasteiger partial charge >= 0.3 is 0 Å². The van der Waals surface area contributed by atoms with Gasteiger partial charge in [0.2, 0.25) is 0 Å². The van der Waals surface area contributed by atoms with E-state index in [-0.39, 0.29) is 35.1 Å². The van der Waals surface area contributed by atoms with Crippen molar-refractivity contribution in [1.82, 2.24) is 10.6 Å². The smallest absolute Gasteiger partial charge is 0.191 e. The van der Waals surface area contributed by atoms with Crippen LogP contribution in [0.3, 0.4) is 0 Å². The Morgan fingerprint density at radius 3 is 1.93 bits per heavy atom. The van der Waals surface area contributed by atoms with Crippen molar-refractivity contribution in [3.63, 3.8) is 0 Å². The van der Waals surface area contributed by atoms with Crippen molar-refractivity contribution < 1.29 is 8.42 Å². The first-order valence-electron chi connectivity index (χ1n) is 9.86. The molecule has 0 aromatic heterocycles. The third-order valence-corrected chi connectivity index (χ3v) is 5.52. The number of hydrogen-bond acceptors (Lipinski definition) is 3. The molecule has 0 unspecified atom stereocenters. The Morgan fingerprint density at radius 2 is 1.43 bits per heavy atom. The van der Waals surface area contributed by atoms with Crippen LogP contribution in [0.15, 0.2) is 53.5 Å². The molecule has 2 aromatic rings. The van der Waals surface area contributed by atoms with E-state index in [0.717, 1.165) is 30.1 Å². The van der Waals surface area contributed by atoms with Crippen LogP contribution in [0, 0.1) is 0 Å². The van der Waals surface area contributed by atoms with E-state index in [9.17, 15) is 8.42 Å². The third-order valence-electron chi connectivity index (χ3n) is 4.66. The maximum Gasteiger partial charge on any atom is 0.191 e. The van der Waals surface area contributed by atoms with Crippen molar-refractivity contribution >= 4 is 39.8 Å². The van der Waals surface area contributed by atoms with Crippen molar-refractivity contribution in [2.75, 3.05) is 19.8 Å². The van der Waals surface area contributed by atoms with Crippen LogP contribution in [0.25, 0.3) is 0 Å². The molecule has 0 spiro atoms. The molecule has 0 bridgehead atoms. The van der Waals surface area contributed by atoms with Gasteiger partial charge in [-0.3, -0.25) is 4.99 Å². The number of sulfone groups is 1. The fraction of sp³-hybridized carbons (Fsp3) is 0.435. The van der Waals surface area contributed by atoms with Gasteiger partial charge in [0.05, 0.1) is 5.75 Å². The van der Waals surface area contributed by atoms with E-state index in [1.807, 2.05) is 24.3 Å². The molecule has 0 atom stereocenters. The van der Waals surface area contributed by atoms with Crippen LogP contribution in [0.2, 0.25) is 0 Å². The van der Waals surface area contributed by atoms with Gasteiger partial charge in [0.25, 0.3) is 0 Å². The summed E-state index contributed by atoms with van der Waals surface area (Å²) < 4.78 is 22.7. The first-order valence-corrected chi connectivity index (χ1v) is 11.9. The van der Waals surface area contributed by atoms with Crippen molar-refractivity contribution in [1.29, 1.82) is 0 Å². The largest absolute Gasteiger partial charge is 0.356 e. The van der Waals surface area contributed by atoms with E-state index >= 15 is 0 Å². The maximum absolute atomic E-state index is 11.4. The summed E-state index contributed by atoms with van der Waals surface area (Å²) in [6.07, 6.45) is 2.17. The molecular formula is C23H34IN3O2S. The van der Waals surface area contributed by atoms with Crippen LogP contribution in [0.5, 0.6) is 0 Å². The lowest BCUT2D eigenvalue weighted by atomic mass is 9.86. The molecule has 0 fully saturated rings. The van der Waals surface area contributed by atoms with Gasteiger partial charge in [-0.1, -0.05) is 69.3 Å². The van der Waals surface area contributed by atoms with E-state index in [4.69, 9.17) is 0 Å². The van der Waals surface area contributed by atoms with E-state index < -0.39 is 9.84 Å². The summed E-state index contributed by atoms with van der Waals surface area (Å²) in [6.45, 7) is 8.08. The van der Waals surface area contributed by atoms with Gasteiger partial charge in [0.15, 0.2) is 15.8 Å². The molecule has 2 aromatic carbocycles. The van der Waals surface area contributed by atoms with Crippen molar-refractivity contribution in [2.45, 2.75) is 44.9 Å². The Labute approximate surface area is 198 Å².